The summed E-state index contributed by atoms with van der Waals surface area (Å²) in [6.07, 6.45) is 1.96. The molecule has 2 aromatic rings. The first-order valence-corrected chi connectivity index (χ1v) is 8.63. The van der Waals surface area contributed by atoms with Crippen LogP contribution in [-0.2, 0) is 11.3 Å². The second kappa shape index (κ2) is 8.33. The largest absolute Gasteiger partial charge is 0.494 e. The number of pyridine rings is 1. The van der Waals surface area contributed by atoms with Crippen molar-refractivity contribution in [3.8, 4) is 5.75 Å². The molecule has 3 amide bonds. The van der Waals surface area contributed by atoms with E-state index in [1.807, 2.05) is 49.4 Å². The highest BCUT2D eigenvalue weighted by atomic mass is 16.5. The van der Waals surface area contributed by atoms with E-state index in [9.17, 15) is 9.59 Å². The zero-order chi connectivity index (χ0) is 18.4. The highest BCUT2D eigenvalue weighted by molar-refractivity contribution is 5.96. The molecular weight excluding hydrogens is 332 g/mol. The minimum atomic E-state index is -0.304. The second-order valence-corrected chi connectivity index (χ2v) is 5.98. The molecule has 1 aliphatic rings. The molecule has 26 heavy (non-hydrogen) atoms. The van der Waals surface area contributed by atoms with Crippen LogP contribution in [0.1, 0.15) is 19.0 Å². The van der Waals surface area contributed by atoms with Gasteiger partial charge in [0.05, 0.1) is 24.9 Å². The van der Waals surface area contributed by atoms with Gasteiger partial charge in [-0.25, -0.2) is 4.79 Å². The van der Waals surface area contributed by atoms with E-state index in [4.69, 9.17) is 4.74 Å². The standard InChI is InChI=1S/C19H22N4O3/c1-2-26-17-8-6-16(7-9-17)23-13-15(11-18(23)24)22-19(25)21-12-14-5-3-4-10-20-14/h3-10,15H,2,11-13H2,1H3,(H2,21,22,25). The number of benzene rings is 1. The number of amides is 3. The lowest BCUT2D eigenvalue weighted by Gasteiger charge is -2.18. The molecule has 1 atom stereocenters. The number of hydrogen-bond donors (Lipinski definition) is 2. The fourth-order valence-electron chi connectivity index (χ4n) is 2.85. The first-order chi connectivity index (χ1) is 12.7. The Morgan fingerprint density at radius 2 is 2.08 bits per heavy atom. The van der Waals surface area contributed by atoms with Crippen molar-refractivity contribution in [2.45, 2.75) is 25.9 Å². The molecule has 7 heteroatoms. The van der Waals surface area contributed by atoms with Gasteiger partial charge in [-0.15, -0.1) is 0 Å². The van der Waals surface area contributed by atoms with E-state index in [2.05, 4.69) is 15.6 Å². The quantitative estimate of drug-likeness (QED) is 0.832. The first-order valence-electron chi connectivity index (χ1n) is 8.63. The first kappa shape index (κ1) is 17.7. The lowest BCUT2D eigenvalue weighted by Crippen LogP contribution is -2.43. The lowest BCUT2D eigenvalue weighted by molar-refractivity contribution is -0.117. The third kappa shape index (κ3) is 4.50. The van der Waals surface area contributed by atoms with Crippen molar-refractivity contribution in [1.82, 2.24) is 15.6 Å². The third-order valence-corrected chi connectivity index (χ3v) is 4.08. The number of nitrogens with one attached hydrogen (secondary N) is 2. The van der Waals surface area contributed by atoms with Crippen molar-refractivity contribution in [2.75, 3.05) is 18.1 Å². The zero-order valence-electron chi connectivity index (χ0n) is 14.6. The molecule has 1 aliphatic heterocycles. The Morgan fingerprint density at radius 3 is 2.77 bits per heavy atom. The Hall–Kier alpha value is -3.09. The summed E-state index contributed by atoms with van der Waals surface area (Å²) in [5, 5.41) is 5.60. The van der Waals surface area contributed by atoms with Crippen LogP contribution >= 0.6 is 0 Å². The fourth-order valence-corrected chi connectivity index (χ4v) is 2.85. The van der Waals surface area contributed by atoms with E-state index in [-0.39, 0.29) is 24.4 Å². The SMILES string of the molecule is CCOc1ccc(N2CC(NC(=O)NCc3ccccn3)CC2=O)cc1. The second-order valence-electron chi connectivity index (χ2n) is 5.98. The third-order valence-electron chi connectivity index (χ3n) is 4.08. The molecular formula is C19H22N4O3. The van der Waals surface area contributed by atoms with Crippen LogP contribution in [-0.4, -0.2) is 36.1 Å². The average Bonchev–Trinajstić information content (AvgIpc) is 3.02. The maximum Gasteiger partial charge on any atom is 0.315 e. The zero-order valence-corrected chi connectivity index (χ0v) is 14.6. The van der Waals surface area contributed by atoms with Crippen LogP contribution in [0.5, 0.6) is 5.75 Å². The van der Waals surface area contributed by atoms with E-state index in [0.717, 1.165) is 17.1 Å². The number of carbonyl (C=O) groups is 2. The van der Waals surface area contributed by atoms with Gasteiger partial charge in [-0.3, -0.25) is 9.78 Å². The number of anilines is 1. The molecule has 1 aromatic carbocycles. The minimum absolute atomic E-state index is 0.0100. The van der Waals surface area contributed by atoms with Crippen molar-refractivity contribution in [3.63, 3.8) is 0 Å². The summed E-state index contributed by atoms with van der Waals surface area (Å²) >= 11 is 0. The smallest absolute Gasteiger partial charge is 0.315 e. The van der Waals surface area contributed by atoms with Gasteiger partial charge in [-0.2, -0.15) is 0 Å². The predicted molar refractivity (Wildman–Crippen MR) is 98.0 cm³/mol. The number of urea groups is 1. The van der Waals surface area contributed by atoms with Gasteiger partial charge in [0.15, 0.2) is 0 Å². The summed E-state index contributed by atoms with van der Waals surface area (Å²) in [7, 11) is 0. The highest BCUT2D eigenvalue weighted by Gasteiger charge is 2.31. The van der Waals surface area contributed by atoms with Crippen molar-refractivity contribution in [3.05, 3.63) is 54.4 Å². The monoisotopic (exact) mass is 354 g/mol. The van der Waals surface area contributed by atoms with Gasteiger partial charge in [0.25, 0.3) is 0 Å². The molecule has 7 nitrogen and oxygen atoms in total. The van der Waals surface area contributed by atoms with Crippen LogP contribution < -0.4 is 20.3 Å². The highest BCUT2D eigenvalue weighted by Crippen LogP contribution is 2.24. The molecule has 0 radical (unpaired) electrons. The summed E-state index contributed by atoms with van der Waals surface area (Å²) in [6.45, 7) is 3.31. The molecule has 3 rings (SSSR count). The molecule has 1 saturated heterocycles. The Bertz CT molecular complexity index is 749. The predicted octanol–water partition coefficient (Wildman–Crippen LogP) is 2.08. The Labute approximate surface area is 152 Å². The van der Waals surface area contributed by atoms with Crippen LogP contribution in [0.25, 0.3) is 0 Å². The topological polar surface area (TPSA) is 83.6 Å². The molecule has 1 unspecified atom stereocenters. The van der Waals surface area contributed by atoms with Gasteiger partial charge < -0.3 is 20.3 Å². The van der Waals surface area contributed by atoms with E-state index in [0.29, 0.717) is 19.7 Å². The normalized spacial score (nSPS) is 16.4. The summed E-state index contributed by atoms with van der Waals surface area (Å²) < 4.78 is 5.41. The molecule has 1 fully saturated rings. The van der Waals surface area contributed by atoms with E-state index in [1.54, 1.807) is 11.1 Å². The Kier molecular flexibility index (Phi) is 5.68. The van der Waals surface area contributed by atoms with E-state index >= 15 is 0 Å². The molecule has 0 saturated carbocycles. The van der Waals surface area contributed by atoms with Gasteiger partial charge in [0, 0.05) is 24.8 Å². The summed E-state index contributed by atoms with van der Waals surface area (Å²) in [5.41, 5.74) is 1.58. The fraction of sp³-hybridized carbons (Fsp3) is 0.316. The summed E-state index contributed by atoms with van der Waals surface area (Å²) in [4.78, 5) is 30.1. The molecule has 2 heterocycles. The van der Waals surface area contributed by atoms with Crippen LogP contribution in [0, 0.1) is 0 Å². The molecule has 1 aromatic heterocycles. The van der Waals surface area contributed by atoms with Crippen LogP contribution in [0.2, 0.25) is 0 Å². The van der Waals surface area contributed by atoms with Crippen LogP contribution in [0.4, 0.5) is 10.5 Å². The molecule has 0 bridgehead atoms. The van der Waals surface area contributed by atoms with Crippen LogP contribution in [0.3, 0.4) is 0 Å². The van der Waals surface area contributed by atoms with Gasteiger partial charge >= 0.3 is 6.03 Å². The van der Waals surface area contributed by atoms with Gasteiger partial charge in [-0.1, -0.05) is 6.07 Å². The number of hydrogen-bond acceptors (Lipinski definition) is 4. The summed E-state index contributed by atoms with van der Waals surface area (Å²) in [6, 6.07) is 12.4. The van der Waals surface area contributed by atoms with Crippen molar-refractivity contribution in [1.29, 1.82) is 0 Å². The van der Waals surface area contributed by atoms with Gasteiger partial charge in [0.2, 0.25) is 5.91 Å². The minimum Gasteiger partial charge on any atom is -0.494 e. The molecule has 2 N–H and O–H groups in total. The Morgan fingerprint density at radius 1 is 1.27 bits per heavy atom. The van der Waals surface area contributed by atoms with E-state index < -0.39 is 0 Å². The molecule has 136 valence electrons. The van der Waals surface area contributed by atoms with E-state index in [1.165, 1.54) is 0 Å². The Balaban J connectivity index is 1.51. The van der Waals surface area contributed by atoms with Crippen molar-refractivity contribution >= 4 is 17.6 Å². The van der Waals surface area contributed by atoms with Crippen LogP contribution in [0.15, 0.2) is 48.7 Å². The maximum absolute atomic E-state index is 12.3. The number of aromatic nitrogens is 1. The average molecular weight is 354 g/mol. The molecule has 0 aliphatic carbocycles. The summed E-state index contributed by atoms with van der Waals surface area (Å²) in [5.74, 6) is 0.760. The lowest BCUT2D eigenvalue weighted by atomic mass is 10.2. The maximum atomic E-state index is 12.3. The number of ether oxygens (including phenoxy) is 1. The number of rotatable bonds is 6. The van der Waals surface area contributed by atoms with Crippen molar-refractivity contribution < 1.29 is 14.3 Å². The van der Waals surface area contributed by atoms with Gasteiger partial charge in [-0.05, 0) is 43.3 Å². The van der Waals surface area contributed by atoms with Gasteiger partial charge in [0.1, 0.15) is 5.75 Å². The number of carbonyl (C=O) groups excluding carboxylic acids is 2. The van der Waals surface area contributed by atoms with Crippen molar-refractivity contribution in [2.24, 2.45) is 0 Å². The number of nitrogens with zero attached hydrogens (tertiary/aromatic N) is 2. The molecule has 0 spiro atoms.